The minimum absolute atomic E-state index is 0.181. The van der Waals surface area contributed by atoms with E-state index >= 15 is 0 Å². The number of ether oxygens (including phenoxy) is 1. The number of hydrogen-bond donors (Lipinski definition) is 5. The Kier molecular flexibility index (Phi) is 8.99. The van der Waals surface area contributed by atoms with Crippen LogP contribution < -0.4 is 21.3 Å². The van der Waals surface area contributed by atoms with Crippen molar-refractivity contribution in [1.82, 2.24) is 21.3 Å². The second-order valence-corrected chi connectivity index (χ2v) is 6.58. The molecule has 0 aromatic rings. The minimum atomic E-state index is -1.31. The molecule has 0 saturated carbocycles. The van der Waals surface area contributed by atoms with E-state index < -0.39 is 24.0 Å². The van der Waals surface area contributed by atoms with Gasteiger partial charge in [0.1, 0.15) is 17.9 Å². The number of aliphatic carboxylic acids is 1. The molecular formula is C17H28N6O6. The quantitative estimate of drug-likeness (QED) is 0.274. The van der Waals surface area contributed by atoms with Crippen LogP contribution in [0, 0.1) is 0 Å². The van der Waals surface area contributed by atoms with Gasteiger partial charge in [0, 0.05) is 26.1 Å². The monoisotopic (exact) mass is 412 g/mol. The van der Waals surface area contributed by atoms with Crippen LogP contribution in [-0.2, 0) is 19.2 Å². The molecule has 12 heteroatoms. The van der Waals surface area contributed by atoms with Gasteiger partial charge >= 0.3 is 12.1 Å². The number of amides is 2. The van der Waals surface area contributed by atoms with E-state index in [2.05, 4.69) is 31.4 Å². The van der Waals surface area contributed by atoms with Crippen LogP contribution in [0.5, 0.6) is 0 Å². The number of rotatable bonds is 11. The van der Waals surface area contributed by atoms with Gasteiger partial charge in [-0.1, -0.05) is 12.1 Å². The Labute approximate surface area is 168 Å². The van der Waals surface area contributed by atoms with E-state index in [0.29, 0.717) is 19.3 Å². The van der Waals surface area contributed by atoms with Crippen molar-refractivity contribution in [1.29, 1.82) is 0 Å². The molecule has 0 fully saturated rings. The summed E-state index contributed by atoms with van der Waals surface area (Å²) in [6.07, 6.45) is 1.44. The topological polar surface area (TPSA) is 163 Å². The smallest absolute Gasteiger partial charge is 0.407 e. The fourth-order valence-electron chi connectivity index (χ4n) is 2.65. The molecule has 12 nitrogen and oxygen atoms in total. The molecule has 162 valence electrons. The number of carbonyl (C=O) groups is 3. The summed E-state index contributed by atoms with van der Waals surface area (Å²) in [5.74, 6) is -1.01. The molecule has 0 bridgehead atoms. The lowest BCUT2D eigenvalue weighted by Gasteiger charge is -2.15. The first-order chi connectivity index (χ1) is 14.0. The summed E-state index contributed by atoms with van der Waals surface area (Å²) in [7, 11) is 0. The zero-order valence-electron chi connectivity index (χ0n) is 16.4. The SMILES string of the molecule is CCCOC(=O)NC(CNC(=O)C1=NOC(CCCNC2=NCCN2)C1)C(=O)O. The van der Waals surface area contributed by atoms with Gasteiger partial charge in [-0.3, -0.25) is 9.79 Å². The maximum Gasteiger partial charge on any atom is 0.407 e. The predicted molar refractivity (Wildman–Crippen MR) is 104 cm³/mol. The molecule has 2 heterocycles. The van der Waals surface area contributed by atoms with Crippen LogP contribution in [0.3, 0.4) is 0 Å². The number of nitrogens with zero attached hydrogens (tertiary/aromatic N) is 2. The molecule has 0 aliphatic carbocycles. The molecule has 2 unspecified atom stereocenters. The lowest BCUT2D eigenvalue weighted by atomic mass is 10.1. The lowest BCUT2D eigenvalue weighted by molar-refractivity contribution is -0.139. The number of alkyl carbamates (subject to hydrolysis) is 1. The standard InChI is InChI=1S/C17H28N6O6/c1-2-8-28-17(27)22-13(15(25)26)10-21-14(24)12-9-11(29-23-12)4-3-5-18-16-19-6-7-20-16/h11,13H,2-10H2,1H3,(H,21,24)(H,22,27)(H,25,26)(H2,18,19,20). The van der Waals surface area contributed by atoms with Crippen molar-refractivity contribution in [2.45, 2.75) is 44.8 Å². The van der Waals surface area contributed by atoms with Gasteiger partial charge in [0.05, 0.1) is 13.2 Å². The summed E-state index contributed by atoms with van der Waals surface area (Å²) in [4.78, 5) is 44.4. The molecule has 0 saturated heterocycles. The normalized spacial score (nSPS) is 18.6. The Hall–Kier alpha value is -3.05. The molecule has 2 aliphatic heterocycles. The number of aliphatic imine (C=N–C) groups is 1. The minimum Gasteiger partial charge on any atom is -0.480 e. The van der Waals surface area contributed by atoms with Gasteiger partial charge in [0.2, 0.25) is 0 Å². The molecule has 2 atom stereocenters. The van der Waals surface area contributed by atoms with Gasteiger partial charge in [0.25, 0.3) is 5.91 Å². The van der Waals surface area contributed by atoms with Crippen LogP contribution in [0.4, 0.5) is 4.79 Å². The highest BCUT2D eigenvalue weighted by atomic mass is 16.6. The van der Waals surface area contributed by atoms with Gasteiger partial charge in [-0.05, 0) is 19.3 Å². The highest BCUT2D eigenvalue weighted by Crippen LogP contribution is 2.15. The molecule has 2 rings (SSSR count). The van der Waals surface area contributed by atoms with Crippen molar-refractivity contribution in [2.75, 3.05) is 32.8 Å². The Bertz CT molecular complexity index is 652. The Balaban J connectivity index is 1.65. The summed E-state index contributed by atoms with van der Waals surface area (Å²) >= 11 is 0. The van der Waals surface area contributed by atoms with Gasteiger partial charge in [-0.15, -0.1) is 0 Å². The van der Waals surface area contributed by atoms with Gasteiger partial charge in [-0.2, -0.15) is 0 Å². The number of nitrogens with one attached hydrogen (secondary N) is 4. The maximum absolute atomic E-state index is 12.2. The van der Waals surface area contributed by atoms with Crippen molar-refractivity contribution < 1.29 is 29.1 Å². The second kappa shape index (κ2) is 11.7. The van der Waals surface area contributed by atoms with E-state index in [1.165, 1.54) is 0 Å². The number of hydrogen-bond acceptors (Lipinski definition) is 9. The molecule has 29 heavy (non-hydrogen) atoms. The van der Waals surface area contributed by atoms with Crippen molar-refractivity contribution in [2.24, 2.45) is 10.1 Å². The highest BCUT2D eigenvalue weighted by Gasteiger charge is 2.27. The fourth-order valence-corrected chi connectivity index (χ4v) is 2.65. The first-order valence-corrected chi connectivity index (χ1v) is 9.68. The van der Waals surface area contributed by atoms with Crippen molar-refractivity contribution in [3.05, 3.63) is 0 Å². The summed E-state index contributed by atoms with van der Waals surface area (Å²) in [6, 6.07) is -1.31. The number of oxime groups is 1. The molecule has 0 aromatic carbocycles. The van der Waals surface area contributed by atoms with E-state index in [-0.39, 0.29) is 25.0 Å². The van der Waals surface area contributed by atoms with E-state index in [4.69, 9.17) is 9.57 Å². The summed E-state index contributed by atoms with van der Waals surface area (Å²) < 4.78 is 4.79. The number of carboxylic acids is 1. The molecular weight excluding hydrogens is 384 g/mol. The van der Waals surface area contributed by atoms with Crippen LogP contribution in [0.15, 0.2) is 10.1 Å². The highest BCUT2D eigenvalue weighted by molar-refractivity contribution is 6.39. The summed E-state index contributed by atoms with van der Waals surface area (Å²) in [6.45, 7) is 4.06. The van der Waals surface area contributed by atoms with Crippen molar-refractivity contribution >= 4 is 29.6 Å². The van der Waals surface area contributed by atoms with Crippen LogP contribution in [-0.4, -0.2) is 79.7 Å². The van der Waals surface area contributed by atoms with E-state index in [9.17, 15) is 19.5 Å². The molecule has 0 radical (unpaired) electrons. The zero-order valence-corrected chi connectivity index (χ0v) is 16.4. The average Bonchev–Trinajstić information content (AvgIpc) is 3.38. The number of carboxylic acid groups (broad SMARTS) is 1. The van der Waals surface area contributed by atoms with Crippen LogP contribution in [0.1, 0.15) is 32.6 Å². The molecule has 2 amide bonds. The van der Waals surface area contributed by atoms with Crippen LogP contribution >= 0.6 is 0 Å². The third kappa shape index (κ3) is 7.84. The van der Waals surface area contributed by atoms with Crippen LogP contribution in [0.25, 0.3) is 0 Å². The summed E-state index contributed by atoms with van der Waals surface area (Å²) in [5.41, 5.74) is 0.197. The molecule has 0 aromatic heterocycles. The first-order valence-electron chi connectivity index (χ1n) is 9.68. The van der Waals surface area contributed by atoms with E-state index in [0.717, 1.165) is 32.0 Å². The lowest BCUT2D eigenvalue weighted by Crippen LogP contribution is -2.49. The largest absolute Gasteiger partial charge is 0.480 e. The third-order valence-corrected chi connectivity index (χ3v) is 4.16. The Morgan fingerprint density at radius 1 is 1.41 bits per heavy atom. The van der Waals surface area contributed by atoms with Crippen molar-refractivity contribution in [3.8, 4) is 0 Å². The molecule has 0 spiro atoms. The predicted octanol–water partition coefficient (Wildman–Crippen LogP) is -0.834. The van der Waals surface area contributed by atoms with Crippen LogP contribution in [0.2, 0.25) is 0 Å². The zero-order chi connectivity index (χ0) is 21.1. The average molecular weight is 412 g/mol. The van der Waals surface area contributed by atoms with Gasteiger partial charge in [-0.25, -0.2) is 9.59 Å². The van der Waals surface area contributed by atoms with Gasteiger partial charge < -0.3 is 35.9 Å². The summed E-state index contributed by atoms with van der Waals surface area (Å²) in [5, 5.41) is 23.9. The number of guanidine groups is 1. The van der Waals surface area contributed by atoms with Gasteiger partial charge in [0.15, 0.2) is 5.96 Å². The third-order valence-electron chi connectivity index (χ3n) is 4.16. The van der Waals surface area contributed by atoms with E-state index in [1.54, 1.807) is 0 Å². The number of carbonyl (C=O) groups excluding carboxylic acids is 2. The first kappa shape index (κ1) is 22.2. The second-order valence-electron chi connectivity index (χ2n) is 6.58. The Morgan fingerprint density at radius 3 is 2.93 bits per heavy atom. The molecule has 5 N–H and O–H groups in total. The van der Waals surface area contributed by atoms with Crippen molar-refractivity contribution in [3.63, 3.8) is 0 Å². The Morgan fingerprint density at radius 2 is 2.24 bits per heavy atom. The molecule has 2 aliphatic rings. The fraction of sp³-hybridized carbons (Fsp3) is 0.706. The maximum atomic E-state index is 12.2. The van der Waals surface area contributed by atoms with E-state index in [1.807, 2.05) is 6.92 Å².